The number of nitrogens with one attached hydrogen (secondary N) is 3. The lowest BCUT2D eigenvalue weighted by Gasteiger charge is -2.17. The molecule has 3 aromatic rings. The Morgan fingerprint density at radius 3 is 2.62 bits per heavy atom. The van der Waals surface area contributed by atoms with Crippen LogP contribution in [0, 0.1) is 6.92 Å². The van der Waals surface area contributed by atoms with Gasteiger partial charge in [-0.15, -0.1) is 11.3 Å². The number of nitrogens with zero attached hydrogens (tertiary/aromatic N) is 2. The summed E-state index contributed by atoms with van der Waals surface area (Å²) in [7, 11) is 0. The number of aryl methyl sites for hydroxylation is 1. The first-order valence-electron chi connectivity index (χ1n) is 7.21. The van der Waals surface area contributed by atoms with Gasteiger partial charge in [0.25, 0.3) is 11.8 Å². The monoisotopic (exact) mass is 341 g/mol. The molecule has 0 spiro atoms. The van der Waals surface area contributed by atoms with Crippen LogP contribution < -0.4 is 10.6 Å². The number of H-pyrrole nitrogens is 1. The summed E-state index contributed by atoms with van der Waals surface area (Å²) in [5.41, 5.74) is 0.975. The van der Waals surface area contributed by atoms with E-state index in [1.807, 2.05) is 25.1 Å². The molecule has 3 rings (SSSR count). The van der Waals surface area contributed by atoms with Crippen molar-refractivity contribution < 1.29 is 9.59 Å². The van der Waals surface area contributed by atoms with E-state index in [9.17, 15) is 9.59 Å². The molecule has 0 fully saturated rings. The van der Waals surface area contributed by atoms with Gasteiger partial charge in [0.1, 0.15) is 17.6 Å². The van der Waals surface area contributed by atoms with Gasteiger partial charge in [-0.25, -0.2) is 4.98 Å². The molecule has 24 heavy (non-hydrogen) atoms. The van der Waals surface area contributed by atoms with Gasteiger partial charge in [-0.2, -0.15) is 5.10 Å². The lowest BCUT2D eigenvalue weighted by Crippen LogP contribution is -2.37. The SMILES string of the molecule is Cc1nc(C(=O)NC(C(=O)Nc2ccn[nH]2)c2ccccc2)cs1. The number of carbonyl (C=O) groups is 2. The van der Waals surface area contributed by atoms with Crippen LogP contribution in [0.1, 0.15) is 27.1 Å². The zero-order valence-electron chi connectivity index (χ0n) is 12.8. The highest BCUT2D eigenvalue weighted by Crippen LogP contribution is 2.17. The number of hydrogen-bond acceptors (Lipinski definition) is 5. The van der Waals surface area contributed by atoms with Crippen molar-refractivity contribution in [2.45, 2.75) is 13.0 Å². The van der Waals surface area contributed by atoms with Crippen LogP contribution in [0.15, 0.2) is 48.0 Å². The zero-order chi connectivity index (χ0) is 16.9. The van der Waals surface area contributed by atoms with Gasteiger partial charge in [0.2, 0.25) is 0 Å². The average molecular weight is 341 g/mol. The van der Waals surface area contributed by atoms with Gasteiger partial charge in [0.05, 0.1) is 11.2 Å². The standard InChI is InChI=1S/C16H15N5O2S/c1-10-18-12(9-24-10)15(22)20-14(11-5-3-2-4-6-11)16(23)19-13-7-8-17-21-13/h2-9,14H,1H3,(H,20,22)(H2,17,19,21,23). The second-order valence-electron chi connectivity index (χ2n) is 5.03. The molecule has 1 aromatic carbocycles. The van der Waals surface area contributed by atoms with Gasteiger partial charge in [-0.1, -0.05) is 30.3 Å². The second kappa shape index (κ2) is 7.05. The molecule has 7 nitrogen and oxygen atoms in total. The molecule has 2 amide bonds. The van der Waals surface area contributed by atoms with E-state index in [4.69, 9.17) is 0 Å². The van der Waals surface area contributed by atoms with Gasteiger partial charge in [0.15, 0.2) is 0 Å². The maximum absolute atomic E-state index is 12.6. The van der Waals surface area contributed by atoms with Gasteiger partial charge < -0.3 is 10.6 Å². The summed E-state index contributed by atoms with van der Waals surface area (Å²) in [5.74, 6) is -0.307. The van der Waals surface area contributed by atoms with Crippen molar-refractivity contribution in [2.75, 3.05) is 5.32 Å². The van der Waals surface area contributed by atoms with Crippen molar-refractivity contribution in [3.8, 4) is 0 Å². The lowest BCUT2D eigenvalue weighted by molar-refractivity contribution is -0.118. The Bertz CT molecular complexity index is 829. The number of carbonyl (C=O) groups excluding carboxylic acids is 2. The normalized spacial score (nSPS) is 11.7. The number of amides is 2. The largest absolute Gasteiger partial charge is 0.335 e. The molecule has 0 aliphatic heterocycles. The summed E-state index contributed by atoms with van der Waals surface area (Å²) in [6.07, 6.45) is 1.53. The van der Waals surface area contributed by atoms with E-state index in [1.165, 1.54) is 17.5 Å². The van der Waals surface area contributed by atoms with E-state index >= 15 is 0 Å². The van der Waals surface area contributed by atoms with Crippen LogP contribution >= 0.6 is 11.3 Å². The summed E-state index contributed by atoms with van der Waals surface area (Å²) in [6, 6.07) is 9.82. The number of hydrogen-bond donors (Lipinski definition) is 3. The highest BCUT2D eigenvalue weighted by molar-refractivity contribution is 7.09. The summed E-state index contributed by atoms with van der Waals surface area (Å²) in [6.45, 7) is 1.82. The van der Waals surface area contributed by atoms with Crippen LogP contribution in [0.4, 0.5) is 5.82 Å². The first-order chi connectivity index (χ1) is 11.6. The molecule has 2 heterocycles. The molecule has 0 bridgehead atoms. The van der Waals surface area contributed by atoms with Gasteiger partial charge in [0, 0.05) is 11.4 Å². The smallest absolute Gasteiger partial charge is 0.271 e. The number of rotatable bonds is 5. The van der Waals surface area contributed by atoms with Crippen LogP contribution in [-0.2, 0) is 4.79 Å². The Hall–Kier alpha value is -3.00. The van der Waals surface area contributed by atoms with Crippen LogP contribution in [0.5, 0.6) is 0 Å². The summed E-state index contributed by atoms with van der Waals surface area (Å²) in [4.78, 5) is 29.1. The number of thiazole rings is 1. The Morgan fingerprint density at radius 1 is 1.21 bits per heavy atom. The predicted octanol–water partition coefficient (Wildman–Crippen LogP) is 2.28. The highest BCUT2D eigenvalue weighted by atomic mass is 32.1. The van der Waals surface area contributed by atoms with Crippen LogP contribution in [0.2, 0.25) is 0 Å². The van der Waals surface area contributed by atoms with Crippen molar-refractivity contribution in [3.63, 3.8) is 0 Å². The van der Waals surface area contributed by atoms with Crippen molar-refractivity contribution in [1.82, 2.24) is 20.5 Å². The molecule has 0 aliphatic carbocycles. The zero-order valence-corrected chi connectivity index (χ0v) is 13.6. The minimum atomic E-state index is -0.844. The van der Waals surface area contributed by atoms with E-state index in [2.05, 4.69) is 25.8 Å². The topological polar surface area (TPSA) is 99.8 Å². The van der Waals surface area contributed by atoms with Gasteiger partial charge in [-0.05, 0) is 12.5 Å². The third-order valence-electron chi connectivity index (χ3n) is 3.28. The van der Waals surface area contributed by atoms with Gasteiger partial charge >= 0.3 is 0 Å². The first kappa shape index (κ1) is 15.9. The van der Waals surface area contributed by atoms with Crippen molar-refractivity contribution in [1.29, 1.82) is 0 Å². The third kappa shape index (κ3) is 3.66. The number of aromatic amines is 1. The molecule has 0 saturated carbocycles. The Kier molecular flexibility index (Phi) is 4.66. The van der Waals surface area contributed by atoms with Crippen molar-refractivity contribution in [3.05, 3.63) is 64.2 Å². The molecule has 2 aromatic heterocycles. The summed E-state index contributed by atoms with van der Waals surface area (Å²) < 4.78 is 0. The number of aromatic nitrogens is 3. The van der Waals surface area contributed by atoms with E-state index in [-0.39, 0.29) is 5.91 Å². The number of benzene rings is 1. The number of anilines is 1. The molecule has 8 heteroatoms. The fraction of sp³-hybridized carbons (Fsp3) is 0.125. The maximum atomic E-state index is 12.6. The molecule has 1 atom stereocenters. The molecule has 0 radical (unpaired) electrons. The maximum Gasteiger partial charge on any atom is 0.271 e. The summed E-state index contributed by atoms with van der Waals surface area (Å²) >= 11 is 1.38. The van der Waals surface area contributed by atoms with Crippen LogP contribution in [-0.4, -0.2) is 27.0 Å². The fourth-order valence-electron chi connectivity index (χ4n) is 2.15. The minimum absolute atomic E-state index is 0.299. The molecular weight excluding hydrogens is 326 g/mol. The molecule has 3 N–H and O–H groups in total. The Balaban J connectivity index is 1.82. The van der Waals surface area contributed by atoms with E-state index < -0.39 is 11.9 Å². The molecule has 122 valence electrons. The first-order valence-corrected chi connectivity index (χ1v) is 8.09. The van der Waals surface area contributed by atoms with Gasteiger partial charge in [-0.3, -0.25) is 14.7 Å². The highest BCUT2D eigenvalue weighted by Gasteiger charge is 2.24. The third-order valence-corrected chi connectivity index (χ3v) is 4.05. The molecular formula is C16H15N5O2S. The van der Waals surface area contributed by atoms with Crippen molar-refractivity contribution in [2.24, 2.45) is 0 Å². The lowest BCUT2D eigenvalue weighted by atomic mass is 10.1. The van der Waals surface area contributed by atoms with Crippen LogP contribution in [0.25, 0.3) is 0 Å². The van der Waals surface area contributed by atoms with E-state index in [0.717, 1.165) is 5.01 Å². The average Bonchev–Trinajstić information content (AvgIpc) is 3.24. The Labute approximate surface area is 142 Å². The quantitative estimate of drug-likeness (QED) is 0.663. The minimum Gasteiger partial charge on any atom is -0.335 e. The van der Waals surface area contributed by atoms with E-state index in [1.54, 1.807) is 23.6 Å². The summed E-state index contributed by atoms with van der Waals surface area (Å²) in [5, 5.41) is 14.3. The van der Waals surface area contributed by atoms with Crippen molar-refractivity contribution >= 4 is 29.0 Å². The molecule has 0 saturated heterocycles. The van der Waals surface area contributed by atoms with E-state index in [0.29, 0.717) is 17.1 Å². The second-order valence-corrected chi connectivity index (χ2v) is 6.09. The Morgan fingerprint density at radius 2 is 2.00 bits per heavy atom. The molecule has 0 aliphatic rings. The van der Waals surface area contributed by atoms with Crippen LogP contribution in [0.3, 0.4) is 0 Å². The molecule has 1 unspecified atom stereocenters. The fourth-order valence-corrected chi connectivity index (χ4v) is 2.74. The predicted molar refractivity (Wildman–Crippen MR) is 90.7 cm³/mol.